The number of halogens is 1. The number of amides is 1. The van der Waals surface area contributed by atoms with Gasteiger partial charge in [0.15, 0.2) is 0 Å². The number of carbonyl (C=O) groups is 1. The summed E-state index contributed by atoms with van der Waals surface area (Å²) < 4.78 is 0. The average Bonchev–Trinajstić information content (AvgIpc) is 2.43. The molecule has 100 valence electrons. The van der Waals surface area contributed by atoms with Gasteiger partial charge in [-0.2, -0.15) is 0 Å². The Morgan fingerprint density at radius 3 is 2.95 bits per heavy atom. The van der Waals surface area contributed by atoms with Gasteiger partial charge in [-0.05, 0) is 18.6 Å². The zero-order valence-electron chi connectivity index (χ0n) is 10.6. The highest BCUT2D eigenvalue weighted by Gasteiger charge is 2.13. The molecule has 0 fully saturated rings. The molecule has 19 heavy (non-hydrogen) atoms. The fourth-order valence-corrected chi connectivity index (χ4v) is 1.98. The number of hydrogen-bond donors (Lipinski definition) is 2. The predicted molar refractivity (Wildman–Crippen MR) is 75.4 cm³/mol. The van der Waals surface area contributed by atoms with Gasteiger partial charge in [-0.1, -0.05) is 36.7 Å². The molecule has 0 aliphatic rings. The summed E-state index contributed by atoms with van der Waals surface area (Å²) in [5.41, 5.74) is 1.15. The molecule has 0 aliphatic heterocycles. The summed E-state index contributed by atoms with van der Waals surface area (Å²) in [6.45, 7) is 2.08. The second-order valence-corrected chi connectivity index (χ2v) is 4.67. The second kappa shape index (κ2) is 5.99. The number of aliphatic hydroxyl groups is 1. The van der Waals surface area contributed by atoms with Crippen molar-refractivity contribution in [2.75, 3.05) is 6.54 Å². The van der Waals surface area contributed by atoms with Gasteiger partial charge in [-0.15, -0.1) is 0 Å². The first-order chi connectivity index (χ1) is 9.11. The van der Waals surface area contributed by atoms with Crippen LogP contribution in [0, 0.1) is 0 Å². The van der Waals surface area contributed by atoms with Crippen molar-refractivity contribution in [3.63, 3.8) is 0 Å². The zero-order chi connectivity index (χ0) is 13.8. The first kappa shape index (κ1) is 13.8. The normalized spacial score (nSPS) is 12.4. The molecule has 1 unspecified atom stereocenters. The fourth-order valence-electron chi connectivity index (χ4n) is 1.78. The van der Waals surface area contributed by atoms with Crippen molar-refractivity contribution in [2.45, 2.75) is 19.4 Å². The summed E-state index contributed by atoms with van der Waals surface area (Å²) in [5, 5.41) is 13.2. The first-order valence-electron chi connectivity index (χ1n) is 6.13. The summed E-state index contributed by atoms with van der Waals surface area (Å²) in [5.74, 6) is -0.256. The molecule has 1 aromatic carbocycles. The molecule has 1 heterocycles. The number of carbonyl (C=O) groups excluding carboxylic acids is 1. The number of aliphatic hydroxyl groups excluding tert-OH is 1. The van der Waals surface area contributed by atoms with E-state index in [0.29, 0.717) is 17.5 Å². The van der Waals surface area contributed by atoms with Gasteiger partial charge in [-0.25, -0.2) is 4.98 Å². The number of nitrogens with zero attached hydrogens (tertiary/aromatic N) is 1. The number of para-hydroxylation sites is 1. The van der Waals surface area contributed by atoms with Crippen molar-refractivity contribution in [1.29, 1.82) is 0 Å². The molecule has 0 saturated heterocycles. The van der Waals surface area contributed by atoms with E-state index >= 15 is 0 Å². The average molecular weight is 279 g/mol. The zero-order valence-corrected chi connectivity index (χ0v) is 11.3. The smallest absolute Gasteiger partial charge is 0.252 e. The number of rotatable bonds is 4. The van der Waals surface area contributed by atoms with Crippen molar-refractivity contribution in [3.05, 3.63) is 41.0 Å². The largest absolute Gasteiger partial charge is 0.391 e. The van der Waals surface area contributed by atoms with Gasteiger partial charge >= 0.3 is 0 Å². The lowest BCUT2D eigenvalue weighted by Crippen LogP contribution is -2.31. The maximum atomic E-state index is 12.1. The summed E-state index contributed by atoms with van der Waals surface area (Å²) in [7, 11) is 0. The van der Waals surface area contributed by atoms with Crippen LogP contribution in [0.5, 0.6) is 0 Å². The Hall–Kier alpha value is -1.65. The molecular weight excluding hydrogens is 264 g/mol. The molecule has 1 atom stereocenters. The third-order valence-electron chi connectivity index (χ3n) is 2.90. The van der Waals surface area contributed by atoms with Crippen molar-refractivity contribution in [1.82, 2.24) is 10.3 Å². The van der Waals surface area contributed by atoms with Crippen LogP contribution >= 0.6 is 11.6 Å². The van der Waals surface area contributed by atoms with Gasteiger partial charge < -0.3 is 10.4 Å². The molecule has 5 heteroatoms. The highest BCUT2D eigenvalue weighted by Crippen LogP contribution is 2.20. The van der Waals surface area contributed by atoms with Gasteiger partial charge in [0.25, 0.3) is 5.91 Å². The van der Waals surface area contributed by atoms with Crippen molar-refractivity contribution in [2.24, 2.45) is 0 Å². The molecule has 1 aromatic heterocycles. The SMILES string of the molecule is CCC(O)CNC(=O)c1cc(Cl)nc2ccccc12. The maximum absolute atomic E-state index is 12.1. The Morgan fingerprint density at radius 1 is 1.47 bits per heavy atom. The Kier molecular flexibility index (Phi) is 4.35. The fraction of sp³-hybridized carbons (Fsp3) is 0.286. The van der Waals surface area contributed by atoms with Crippen LogP contribution in [0.25, 0.3) is 10.9 Å². The molecular formula is C14H15ClN2O2. The van der Waals surface area contributed by atoms with E-state index in [0.717, 1.165) is 5.39 Å². The van der Waals surface area contributed by atoms with Gasteiger partial charge in [-0.3, -0.25) is 4.79 Å². The minimum absolute atomic E-state index is 0.226. The summed E-state index contributed by atoms with van der Waals surface area (Å²) >= 11 is 5.92. The monoisotopic (exact) mass is 278 g/mol. The molecule has 0 aliphatic carbocycles. The minimum atomic E-state index is -0.535. The van der Waals surface area contributed by atoms with E-state index in [4.69, 9.17) is 11.6 Å². The lowest BCUT2D eigenvalue weighted by atomic mass is 10.1. The standard InChI is InChI=1S/C14H15ClN2O2/c1-2-9(18)8-16-14(19)11-7-13(15)17-12-6-4-3-5-10(11)12/h3-7,9,18H,2,8H2,1H3,(H,16,19). The third kappa shape index (κ3) is 3.22. The third-order valence-corrected chi connectivity index (χ3v) is 3.09. The molecule has 2 rings (SSSR count). The minimum Gasteiger partial charge on any atom is -0.391 e. The van der Waals surface area contributed by atoms with E-state index in [-0.39, 0.29) is 17.6 Å². The number of benzene rings is 1. The van der Waals surface area contributed by atoms with Crippen LogP contribution in [-0.2, 0) is 0 Å². The Bertz CT molecular complexity index is 601. The van der Waals surface area contributed by atoms with Crippen LogP contribution in [-0.4, -0.2) is 28.6 Å². The number of nitrogens with one attached hydrogen (secondary N) is 1. The van der Waals surface area contributed by atoms with Crippen LogP contribution in [0.4, 0.5) is 0 Å². The first-order valence-corrected chi connectivity index (χ1v) is 6.51. The van der Waals surface area contributed by atoms with E-state index < -0.39 is 6.10 Å². The summed E-state index contributed by atoms with van der Waals surface area (Å²) in [6.07, 6.45) is 0.0607. The van der Waals surface area contributed by atoms with Gasteiger partial charge in [0.2, 0.25) is 0 Å². The second-order valence-electron chi connectivity index (χ2n) is 4.28. The molecule has 0 radical (unpaired) electrons. The Labute approximate surface area is 116 Å². The lowest BCUT2D eigenvalue weighted by Gasteiger charge is -2.11. The van der Waals surface area contributed by atoms with Crippen LogP contribution < -0.4 is 5.32 Å². The number of fused-ring (bicyclic) bond motifs is 1. The molecule has 1 amide bonds. The van der Waals surface area contributed by atoms with E-state index in [9.17, 15) is 9.90 Å². The number of aromatic nitrogens is 1. The summed E-state index contributed by atoms with van der Waals surface area (Å²) in [4.78, 5) is 16.3. The van der Waals surface area contributed by atoms with Gasteiger partial charge in [0, 0.05) is 11.9 Å². The Morgan fingerprint density at radius 2 is 2.21 bits per heavy atom. The summed E-state index contributed by atoms with van der Waals surface area (Å²) in [6, 6.07) is 8.85. The van der Waals surface area contributed by atoms with Crippen LogP contribution in [0.2, 0.25) is 5.15 Å². The predicted octanol–water partition coefficient (Wildman–Crippen LogP) is 2.39. The maximum Gasteiger partial charge on any atom is 0.252 e. The Balaban J connectivity index is 2.31. The molecule has 0 saturated carbocycles. The lowest BCUT2D eigenvalue weighted by molar-refractivity contribution is 0.0915. The van der Waals surface area contributed by atoms with Crippen LogP contribution in [0.3, 0.4) is 0 Å². The van der Waals surface area contributed by atoms with E-state index in [1.807, 2.05) is 25.1 Å². The van der Waals surface area contributed by atoms with Gasteiger partial charge in [0.05, 0.1) is 17.2 Å². The van der Waals surface area contributed by atoms with E-state index in [2.05, 4.69) is 10.3 Å². The molecule has 0 spiro atoms. The molecule has 2 N–H and O–H groups in total. The van der Waals surface area contributed by atoms with E-state index in [1.54, 1.807) is 6.07 Å². The van der Waals surface area contributed by atoms with Crippen molar-refractivity contribution < 1.29 is 9.90 Å². The van der Waals surface area contributed by atoms with E-state index in [1.165, 1.54) is 6.07 Å². The van der Waals surface area contributed by atoms with Crippen molar-refractivity contribution >= 4 is 28.4 Å². The van der Waals surface area contributed by atoms with Crippen LogP contribution in [0.15, 0.2) is 30.3 Å². The highest BCUT2D eigenvalue weighted by atomic mass is 35.5. The van der Waals surface area contributed by atoms with Gasteiger partial charge in [0.1, 0.15) is 5.15 Å². The van der Waals surface area contributed by atoms with Crippen LogP contribution in [0.1, 0.15) is 23.7 Å². The quantitative estimate of drug-likeness (QED) is 0.844. The highest BCUT2D eigenvalue weighted by molar-refractivity contribution is 6.30. The number of hydrogen-bond acceptors (Lipinski definition) is 3. The van der Waals surface area contributed by atoms with Crippen molar-refractivity contribution in [3.8, 4) is 0 Å². The molecule has 2 aromatic rings. The topological polar surface area (TPSA) is 62.2 Å². The molecule has 4 nitrogen and oxygen atoms in total. The number of pyridine rings is 1. The molecule has 0 bridgehead atoms.